The third-order valence-electron chi connectivity index (χ3n) is 3.58. The minimum absolute atomic E-state index is 0.0269. The molecule has 118 valence electrons. The normalized spacial score (nSPS) is 18.9. The second-order valence-electron chi connectivity index (χ2n) is 5.84. The quantitative estimate of drug-likeness (QED) is 0.688. The molecule has 0 aromatic heterocycles. The van der Waals surface area contributed by atoms with Crippen LogP contribution >= 0.6 is 0 Å². The van der Waals surface area contributed by atoms with Gasteiger partial charge in [-0.1, -0.05) is 20.4 Å². The Bertz CT molecular complexity index is 434. The molecule has 1 rings (SSSR count). The summed E-state index contributed by atoms with van der Waals surface area (Å²) in [6.45, 7) is 11.0. The fourth-order valence-corrected chi connectivity index (χ4v) is 2.42. The SMILES string of the molecule is C=CC(=O)N(C)CC(=O)N1CCN(CC(C)C)C(=O)C1C. The van der Waals surface area contributed by atoms with Crippen molar-refractivity contribution in [1.29, 1.82) is 0 Å². The summed E-state index contributed by atoms with van der Waals surface area (Å²) >= 11 is 0. The van der Waals surface area contributed by atoms with Crippen LogP contribution in [0.1, 0.15) is 20.8 Å². The van der Waals surface area contributed by atoms with Crippen LogP contribution in [0.2, 0.25) is 0 Å². The van der Waals surface area contributed by atoms with E-state index in [1.807, 2.05) is 0 Å². The predicted molar refractivity (Wildman–Crippen MR) is 80.4 cm³/mol. The van der Waals surface area contributed by atoms with E-state index in [0.717, 1.165) is 0 Å². The molecule has 6 nitrogen and oxygen atoms in total. The van der Waals surface area contributed by atoms with Crippen molar-refractivity contribution in [3.63, 3.8) is 0 Å². The number of piperazine rings is 1. The van der Waals surface area contributed by atoms with Gasteiger partial charge in [-0.3, -0.25) is 14.4 Å². The molecule has 0 saturated carbocycles. The zero-order valence-electron chi connectivity index (χ0n) is 13.3. The first-order chi connectivity index (χ1) is 9.77. The lowest BCUT2D eigenvalue weighted by molar-refractivity contribution is -0.152. The maximum Gasteiger partial charge on any atom is 0.246 e. The van der Waals surface area contributed by atoms with Crippen molar-refractivity contribution >= 4 is 17.7 Å². The summed E-state index contributed by atoms with van der Waals surface area (Å²) in [6, 6.07) is -0.475. The van der Waals surface area contributed by atoms with Crippen molar-refractivity contribution in [2.45, 2.75) is 26.8 Å². The Morgan fingerprint density at radius 3 is 2.57 bits per heavy atom. The molecule has 1 unspecified atom stereocenters. The van der Waals surface area contributed by atoms with Crippen LogP contribution in [0.5, 0.6) is 0 Å². The second-order valence-corrected chi connectivity index (χ2v) is 5.84. The molecular weight excluding hydrogens is 270 g/mol. The van der Waals surface area contributed by atoms with Gasteiger partial charge in [-0.2, -0.15) is 0 Å². The Morgan fingerprint density at radius 1 is 1.43 bits per heavy atom. The zero-order valence-corrected chi connectivity index (χ0v) is 13.3. The van der Waals surface area contributed by atoms with Gasteiger partial charge in [-0.25, -0.2) is 0 Å². The number of rotatable bonds is 5. The van der Waals surface area contributed by atoms with Gasteiger partial charge in [0.25, 0.3) is 0 Å². The van der Waals surface area contributed by atoms with Gasteiger partial charge < -0.3 is 14.7 Å². The third kappa shape index (κ3) is 4.31. The number of hydrogen-bond acceptors (Lipinski definition) is 3. The Labute approximate surface area is 126 Å². The van der Waals surface area contributed by atoms with E-state index in [2.05, 4.69) is 20.4 Å². The number of hydrogen-bond donors (Lipinski definition) is 0. The summed E-state index contributed by atoms with van der Waals surface area (Å²) in [7, 11) is 1.55. The fraction of sp³-hybridized carbons (Fsp3) is 0.667. The van der Waals surface area contributed by atoms with E-state index in [-0.39, 0.29) is 24.3 Å². The molecule has 1 heterocycles. The van der Waals surface area contributed by atoms with Crippen LogP contribution in [0.4, 0.5) is 0 Å². The highest BCUT2D eigenvalue weighted by Gasteiger charge is 2.34. The monoisotopic (exact) mass is 295 g/mol. The number of amides is 3. The highest BCUT2D eigenvalue weighted by Crippen LogP contribution is 2.13. The summed E-state index contributed by atoms with van der Waals surface area (Å²) in [4.78, 5) is 40.6. The lowest BCUT2D eigenvalue weighted by Gasteiger charge is -2.40. The molecule has 1 aliphatic heterocycles. The summed E-state index contributed by atoms with van der Waals surface area (Å²) in [6.07, 6.45) is 1.17. The van der Waals surface area contributed by atoms with Gasteiger partial charge in [0.2, 0.25) is 17.7 Å². The molecule has 0 aliphatic carbocycles. The molecule has 0 N–H and O–H groups in total. The van der Waals surface area contributed by atoms with Crippen LogP contribution in [0.25, 0.3) is 0 Å². The molecule has 0 spiro atoms. The minimum atomic E-state index is -0.475. The molecule has 1 atom stereocenters. The Morgan fingerprint density at radius 2 is 2.05 bits per heavy atom. The molecule has 1 aliphatic rings. The molecule has 0 bridgehead atoms. The average Bonchev–Trinajstić information content (AvgIpc) is 2.42. The van der Waals surface area contributed by atoms with Gasteiger partial charge >= 0.3 is 0 Å². The van der Waals surface area contributed by atoms with E-state index in [9.17, 15) is 14.4 Å². The van der Waals surface area contributed by atoms with E-state index in [1.165, 1.54) is 11.0 Å². The maximum absolute atomic E-state index is 12.3. The van der Waals surface area contributed by atoms with Crippen molar-refractivity contribution < 1.29 is 14.4 Å². The van der Waals surface area contributed by atoms with Crippen molar-refractivity contribution in [2.24, 2.45) is 5.92 Å². The van der Waals surface area contributed by atoms with Crippen LogP contribution in [-0.4, -0.2) is 71.7 Å². The molecule has 1 fully saturated rings. The van der Waals surface area contributed by atoms with Gasteiger partial charge in [-0.15, -0.1) is 0 Å². The van der Waals surface area contributed by atoms with Gasteiger partial charge in [0.15, 0.2) is 0 Å². The molecule has 0 aromatic rings. The Balaban J connectivity index is 2.65. The lowest BCUT2D eigenvalue weighted by Crippen LogP contribution is -2.59. The smallest absolute Gasteiger partial charge is 0.246 e. The largest absolute Gasteiger partial charge is 0.339 e. The molecular formula is C15H25N3O3. The van der Waals surface area contributed by atoms with Crippen LogP contribution in [0.3, 0.4) is 0 Å². The molecule has 1 saturated heterocycles. The first kappa shape index (κ1) is 17.2. The fourth-order valence-electron chi connectivity index (χ4n) is 2.42. The van der Waals surface area contributed by atoms with E-state index >= 15 is 0 Å². The van der Waals surface area contributed by atoms with Gasteiger partial charge in [-0.05, 0) is 18.9 Å². The van der Waals surface area contributed by atoms with Gasteiger partial charge in [0.05, 0.1) is 6.54 Å². The van der Waals surface area contributed by atoms with Crippen LogP contribution in [-0.2, 0) is 14.4 Å². The second kappa shape index (κ2) is 7.24. The highest BCUT2D eigenvalue weighted by atomic mass is 16.2. The molecule has 3 amide bonds. The Hall–Kier alpha value is -1.85. The zero-order chi connectivity index (χ0) is 16.2. The predicted octanol–water partition coefficient (Wildman–Crippen LogP) is 0.346. The van der Waals surface area contributed by atoms with Crippen molar-refractivity contribution in [1.82, 2.24) is 14.7 Å². The summed E-state index contributed by atoms with van der Waals surface area (Å²) in [5.74, 6) is -0.140. The minimum Gasteiger partial charge on any atom is -0.339 e. The summed E-state index contributed by atoms with van der Waals surface area (Å²) in [5, 5.41) is 0. The van der Waals surface area contributed by atoms with E-state index in [4.69, 9.17) is 0 Å². The maximum atomic E-state index is 12.3. The molecule has 0 radical (unpaired) electrons. The Kier molecular flexibility index (Phi) is 5.93. The lowest BCUT2D eigenvalue weighted by atomic mass is 10.1. The van der Waals surface area contributed by atoms with E-state index < -0.39 is 6.04 Å². The van der Waals surface area contributed by atoms with Crippen LogP contribution in [0.15, 0.2) is 12.7 Å². The number of carbonyl (C=O) groups is 3. The molecule has 6 heteroatoms. The standard InChI is InChI=1S/C15H25N3O3/c1-6-13(19)16(5)10-14(20)18-8-7-17(9-11(2)3)15(21)12(18)4/h6,11-12H,1,7-10H2,2-5H3. The number of likely N-dealkylation sites (N-methyl/N-ethyl adjacent to an activating group) is 1. The van der Waals surface area contributed by atoms with Crippen LogP contribution < -0.4 is 0 Å². The van der Waals surface area contributed by atoms with E-state index in [0.29, 0.717) is 25.6 Å². The van der Waals surface area contributed by atoms with Gasteiger partial charge in [0, 0.05) is 26.7 Å². The third-order valence-corrected chi connectivity index (χ3v) is 3.58. The summed E-state index contributed by atoms with van der Waals surface area (Å²) < 4.78 is 0. The highest BCUT2D eigenvalue weighted by molar-refractivity contribution is 5.93. The first-order valence-electron chi connectivity index (χ1n) is 7.23. The topological polar surface area (TPSA) is 60.9 Å². The van der Waals surface area contributed by atoms with Gasteiger partial charge in [0.1, 0.15) is 6.04 Å². The first-order valence-corrected chi connectivity index (χ1v) is 7.23. The van der Waals surface area contributed by atoms with Crippen molar-refractivity contribution in [3.8, 4) is 0 Å². The summed E-state index contributed by atoms with van der Waals surface area (Å²) in [5.41, 5.74) is 0. The van der Waals surface area contributed by atoms with Crippen molar-refractivity contribution in [3.05, 3.63) is 12.7 Å². The van der Waals surface area contributed by atoms with E-state index in [1.54, 1.807) is 23.8 Å². The molecule has 0 aromatic carbocycles. The average molecular weight is 295 g/mol. The number of nitrogens with zero attached hydrogens (tertiary/aromatic N) is 3. The van der Waals surface area contributed by atoms with Crippen molar-refractivity contribution in [2.75, 3.05) is 33.2 Å². The van der Waals surface area contributed by atoms with Crippen LogP contribution in [0, 0.1) is 5.92 Å². The number of carbonyl (C=O) groups excluding carboxylic acids is 3. The molecule has 21 heavy (non-hydrogen) atoms.